The van der Waals surface area contributed by atoms with E-state index in [-0.39, 0.29) is 57.4 Å². The van der Waals surface area contributed by atoms with Gasteiger partial charge in [-0.3, -0.25) is 14.4 Å². The maximum Gasteiger partial charge on any atom is 0.384 e. The predicted molar refractivity (Wildman–Crippen MR) is 158 cm³/mol. The van der Waals surface area contributed by atoms with Crippen LogP contribution in [0.25, 0.3) is 0 Å². The number of halogens is 12. The van der Waals surface area contributed by atoms with E-state index in [9.17, 15) is 67.1 Å². The molecule has 0 aliphatic carbocycles. The van der Waals surface area contributed by atoms with Gasteiger partial charge in [-0.05, 0) is 40.0 Å². The zero-order chi connectivity index (χ0) is 33.2. The quantitative estimate of drug-likeness (QED) is 0.124. The van der Waals surface area contributed by atoms with Crippen LogP contribution in [0.1, 0.15) is 91.5 Å². The Morgan fingerprint density at radius 1 is 0.681 bits per heavy atom. The summed E-state index contributed by atoms with van der Waals surface area (Å²) in [7, 11) is 3.63. The number of alkyl halides is 12. The van der Waals surface area contributed by atoms with E-state index in [0.717, 1.165) is 18.9 Å². The van der Waals surface area contributed by atoms with Crippen LogP contribution in [0.2, 0.25) is 0 Å². The van der Waals surface area contributed by atoms with Gasteiger partial charge in [-0.2, -0.15) is 43.9 Å². The summed E-state index contributed by atoms with van der Waals surface area (Å²) in [5, 5.41) is 0. The van der Waals surface area contributed by atoms with Crippen LogP contribution in [0.5, 0.6) is 0 Å². The van der Waals surface area contributed by atoms with Crippen molar-refractivity contribution in [1.29, 1.82) is 0 Å². The molecule has 0 aromatic rings. The number of hydrogen-bond acceptors (Lipinski definition) is 5. The minimum atomic E-state index is -7.76. The van der Waals surface area contributed by atoms with Gasteiger partial charge in [0.15, 0.2) is 6.61 Å². The van der Waals surface area contributed by atoms with E-state index in [2.05, 4.69) is 9.47 Å². The fourth-order valence-corrected chi connectivity index (χ4v) is 3.70. The van der Waals surface area contributed by atoms with E-state index in [1.807, 2.05) is 0 Å². The van der Waals surface area contributed by atoms with Crippen molar-refractivity contribution >= 4 is 17.8 Å². The molecule has 0 spiro atoms. The Morgan fingerprint density at radius 3 is 1.40 bits per heavy atom. The molecule has 0 heterocycles. The fourth-order valence-electron chi connectivity index (χ4n) is 3.70. The average molecular weight is 726 g/mol. The number of nitrogens with zero attached hydrogens (tertiary/aromatic N) is 1. The number of esters is 2. The smallest absolute Gasteiger partial charge is 0.384 e. The van der Waals surface area contributed by atoms with E-state index in [4.69, 9.17) is 0 Å². The first-order valence-electron chi connectivity index (χ1n) is 11.7. The summed E-state index contributed by atoms with van der Waals surface area (Å²) < 4.78 is 170. The van der Waals surface area contributed by atoms with Crippen LogP contribution in [0.4, 0.5) is 52.7 Å². The Hall–Kier alpha value is -2.43. The fraction of sp³-hybridized carbons (Fsp3) is 0.897. The normalized spacial score (nSPS) is 14.1. The van der Waals surface area contributed by atoms with Crippen molar-refractivity contribution in [2.75, 3.05) is 27.8 Å². The molecule has 0 saturated carbocycles. The third-order valence-corrected chi connectivity index (χ3v) is 6.58. The van der Waals surface area contributed by atoms with Gasteiger partial charge in [-0.15, -0.1) is 0 Å². The highest BCUT2D eigenvalue weighted by atomic mass is 19.4. The second-order valence-electron chi connectivity index (χ2n) is 10.6. The number of carbonyl (C=O) groups is 3. The van der Waals surface area contributed by atoms with E-state index in [1.165, 1.54) is 34.9 Å². The SMILES string of the molecule is C.C.C.C.C.C.CCC(C)(CC(CC(C)(C)C(=O)OC)C(=O)N(C)C)C(=O)OCC(F)(F)C(F)(F)C(F)(F)C(F)(F)C(F)(F)C(F)F. The Kier molecular flexibility index (Phi) is 24.9. The molecule has 0 aromatic carbocycles. The first kappa shape index (κ1) is 59.9. The molecule has 0 rings (SSSR count). The van der Waals surface area contributed by atoms with Crippen LogP contribution in [0.3, 0.4) is 0 Å². The van der Waals surface area contributed by atoms with Gasteiger partial charge in [0, 0.05) is 20.0 Å². The van der Waals surface area contributed by atoms with Gasteiger partial charge in [0.2, 0.25) is 5.91 Å². The number of ether oxygens (including phenoxy) is 2. The molecule has 2 atom stereocenters. The van der Waals surface area contributed by atoms with Crippen LogP contribution in [-0.2, 0) is 23.9 Å². The van der Waals surface area contributed by atoms with Crippen LogP contribution in [0.15, 0.2) is 0 Å². The number of rotatable bonds is 15. The van der Waals surface area contributed by atoms with Crippen LogP contribution >= 0.6 is 0 Å². The summed E-state index contributed by atoms with van der Waals surface area (Å²) in [5.41, 5.74) is -3.36. The molecule has 1 amide bonds. The predicted octanol–water partition coefficient (Wildman–Crippen LogP) is 9.89. The molecule has 0 bridgehead atoms. The zero-order valence-electron chi connectivity index (χ0n) is 23.0. The number of carbonyl (C=O) groups excluding carboxylic acids is 3. The molecule has 2 unspecified atom stereocenters. The highest BCUT2D eigenvalue weighted by Crippen LogP contribution is 2.58. The topological polar surface area (TPSA) is 72.9 Å². The maximum atomic E-state index is 14.1. The molecule has 0 radical (unpaired) electrons. The lowest BCUT2D eigenvalue weighted by Crippen LogP contribution is -2.69. The summed E-state index contributed by atoms with van der Waals surface area (Å²) >= 11 is 0. The summed E-state index contributed by atoms with van der Waals surface area (Å²) in [6.07, 6.45) is -6.89. The van der Waals surface area contributed by atoms with Gasteiger partial charge in [0.05, 0.1) is 17.9 Å². The van der Waals surface area contributed by atoms with Crippen molar-refractivity contribution < 1.29 is 76.5 Å². The molecule has 0 N–H and O–H groups in total. The standard InChI is InChI=1S/C23H31F12NO5.6CH4/c1-8-18(4,10-12(13(37)36(5)6)9-17(2,3)15(38)40-7)16(39)41-11-19(26,27)21(30,31)23(34,35)22(32,33)20(28,29)14(24)25;;;;;;/h12,14H,8-11H2,1-7H3;6*1H4. The van der Waals surface area contributed by atoms with Gasteiger partial charge in [-0.25, -0.2) is 8.78 Å². The molecular formula is C29H55F12NO5. The van der Waals surface area contributed by atoms with Crippen molar-refractivity contribution in [3.05, 3.63) is 0 Å². The van der Waals surface area contributed by atoms with Gasteiger partial charge in [0.1, 0.15) is 0 Å². The highest BCUT2D eigenvalue weighted by molar-refractivity contribution is 5.83. The molecule has 290 valence electrons. The molecule has 18 heteroatoms. The van der Waals surface area contributed by atoms with Crippen LogP contribution in [-0.4, -0.2) is 86.6 Å². The number of hydrogen-bond donors (Lipinski definition) is 0. The third-order valence-electron chi connectivity index (χ3n) is 6.58. The lowest BCUT2D eigenvalue weighted by Gasteiger charge is -2.39. The van der Waals surface area contributed by atoms with E-state index in [1.54, 1.807) is 0 Å². The molecule has 0 aliphatic heterocycles. The molecule has 0 aromatic heterocycles. The van der Waals surface area contributed by atoms with Crippen LogP contribution < -0.4 is 0 Å². The monoisotopic (exact) mass is 725 g/mol. The van der Waals surface area contributed by atoms with Crippen molar-refractivity contribution in [2.24, 2.45) is 16.7 Å². The molecular weight excluding hydrogens is 670 g/mol. The summed E-state index contributed by atoms with van der Waals surface area (Å²) in [6.45, 7) is 1.93. The Balaban J connectivity index is -0.000000533. The number of methoxy groups -OCH3 is 1. The van der Waals surface area contributed by atoms with E-state index >= 15 is 0 Å². The van der Waals surface area contributed by atoms with Crippen LogP contribution in [0, 0.1) is 16.7 Å². The first-order chi connectivity index (χ1) is 18.0. The van der Waals surface area contributed by atoms with Gasteiger partial charge in [0.25, 0.3) is 0 Å². The minimum absolute atomic E-state index is 0. The molecule has 0 fully saturated rings. The minimum Gasteiger partial charge on any atom is -0.469 e. The molecule has 0 saturated heterocycles. The lowest BCUT2D eigenvalue weighted by molar-refractivity contribution is -0.414. The Bertz CT molecular complexity index is 960. The third kappa shape index (κ3) is 11.6. The summed E-state index contributed by atoms with van der Waals surface area (Å²) in [5.74, 6) is -41.0. The second-order valence-corrected chi connectivity index (χ2v) is 10.6. The zero-order valence-corrected chi connectivity index (χ0v) is 23.0. The van der Waals surface area contributed by atoms with Gasteiger partial charge >= 0.3 is 48.0 Å². The van der Waals surface area contributed by atoms with Gasteiger partial charge < -0.3 is 14.4 Å². The van der Waals surface area contributed by atoms with E-state index in [0.29, 0.717) is 0 Å². The first-order valence-corrected chi connectivity index (χ1v) is 11.7. The van der Waals surface area contributed by atoms with Crippen molar-refractivity contribution in [3.63, 3.8) is 0 Å². The largest absolute Gasteiger partial charge is 0.469 e. The summed E-state index contributed by atoms with van der Waals surface area (Å²) in [6, 6.07) is 0. The Morgan fingerprint density at radius 2 is 1.09 bits per heavy atom. The Labute approximate surface area is 271 Å². The van der Waals surface area contributed by atoms with Gasteiger partial charge in [-0.1, -0.05) is 51.5 Å². The van der Waals surface area contributed by atoms with Crippen molar-refractivity contribution in [3.8, 4) is 0 Å². The van der Waals surface area contributed by atoms with Crippen molar-refractivity contribution in [2.45, 2.75) is 128 Å². The van der Waals surface area contributed by atoms with E-state index < -0.39 is 83.7 Å². The lowest BCUT2D eigenvalue weighted by atomic mass is 9.72. The number of amides is 1. The summed E-state index contributed by atoms with van der Waals surface area (Å²) in [4.78, 5) is 38.6. The molecule has 47 heavy (non-hydrogen) atoms. The molecule has 0 aliphatic rings. The molecule has 6 nitrogen and oxygen atoms in total. The highest BCUT2D eigenvalue weighted by Gasteiger charge is 2.88. The second kappa shape index (κ2) is 19.5. The average Bonchev–Trinajstić information content (AvgIpc) is 2.84. The van der Waals surface area contributed by atoms with Crippen molar-refractivity contribution in [1.82, 2.24) is 4.90 Å². The maximum absolute atomic E-state index is 14.1.